The molecule has 70 valence electrons. The van der Waals surface area contributed by atoms with E-state index in [0.717, 1.165) is 18.4 Å². The van der Waals surface area contributed by atoms with Crippen LogP contribution in [-0.4, -0.2) is 0 Å². The van der Waals surface area contributed by atoms with Gasteiger partial charge in [0.25, 0.3) is 0 Å². The van der Waals surface area contributed by atoms with Crippen LogP contribution >= 0.6 is 0 Å². The van der Waals surface area contributed by atoms with Crippen molar-refractivity contribution in [2.75, 3.05) is 0 Å². The Morgan fingerprint density at radius 3 is 2.08 bits per heavy atom. The smallest absolute Gasteiger partial charge is 0.164 e. The molecule has 0 saturated carbocycles. The highest BCUT2D eigenvalue weighted by Gasteiger charge is 2.31. The van der Waals surface area contributed by atoms with Crippen molar-refractivity contribution in [1.29, 1.82) is 10.5 Å². The summed E-state index contributed by atoms with van der Waals surface area (Å²) in [6, 6.07) is 4.28. The highest BCUT2D eigenvalue weighted by Crippen LogP contribution is 2.33. The average Bonchev–Trinajstić information content (AvgIpc) is 2.18. The summed E-state index contributed by atoms with van der Waals surface area (Å²) in [6.07, 6.45) is 4.16. The maximum atomic E-state index is 9.03. The fraction of sp³-hybridized carbons (Fsp3) is 0.636. The topological polar surface area (TPSA) is 47.6 Å². The lowest BCUT2D eigenvalue weighted by Gasteiger charge is -2.20. The summed E-state index contributed by atoms with van der Waals surface area (Å²) in [6.45, 7) is 5.86. The molecule has 0 aromatic heterocycles. The van der Waals surface area contributed by atoms with Gasteiger partial charge < -0.3 is 0 Å². The van der Waals surface area contributed by atoms with Gasteiger partial charge in [-0.1, -0.05) is 26.3 Å². The first-order valence-electron chi connectivity index (χ1n) is 4.68. The third-order valence-corrected chi connectivity index (χ3v) is 2.28. The van der Waals surface area contributed by atoms with Gasteiger partial charge in [-0.05, 0) is 25.3 Å². The number of nitrogens with zero attached hydrogens (tertiary/aromatic N) is 2. The van der Waals surface area contributed by atoms with Gasteiger partial charge in [0.1, 0.15) is 0 Å². The van der Waals surface area contributed by atoms with E-state index < -0.39 is 5.41 Å². The van der Waals surface area contributed by atoms with Crippen LogP contribution in [0, 0.1) is 28.1 Å². The minimum Gasteiger partial charge on any atom is -0.196 e. The van der Waals surface area contributed by atoms with E-state index >= 15 is 0 Å². The number of rotatable bonds is 4. The molecule has 0 aliphatic rings. The molecule has 0 N–H and O–H groups in total. The Morgan fingerprint density at radius 1 is 1.31 bits per heavy atom. The lowest BCUT2D eigenvalue weighted by molar-refractivity contribution is 0.532. The Hall–Kier alpha value is -1.28. The normalized spacial score (nSPS) is 11.9. The van der Waals surface area contributed by atoms with E-state index in [9.17, 15) is 0 Å². The molecule has 2 heteroatoms. The zero-order valence-electron chi connectivity index (χ0n) is 8.59. The summed E-state index contributed by atoms with van der Waals surface area (Å²) >= 11 is 0. The van der Waals surface area contributed by atoms with Gasteiger partial charge in [0, 0.05) is 0 Å². The molecule has 0 heterocycles. The summed E-state index contributed by atoms with van der Waals surface area (Å²) in [5, 5.41) is 18.1. The van der Waals surface area contributed by atoms with Crippen molar-refractivity contribution in [2.24, 2.45) is 5.41 Å². The van der Waals surface area contributed by atoms with Crippen molar-refractivity contribution in [3.05, 3.63) is 11.6 Å². The Morgan fingerprint density at radius 2 is 1.85 bits per heavy atom. The third kappa shape index (κ3) is 2.33. The molecule has 0 bridgehead atoms. The Labute approximate surface area is 80.5 Å². The molecule has 0 aromatic carbocycles. The van der Waals surface area contributed by atoms with E-state index in [4.69, 9.17) is 10.5 Å². The van der Waals surface area contributed by atoms with Crippen molar-refractivity contribution in [2.45, 2.75) is 40.0 Å². The summed E-state index contributed by atoms with van der Waals surface area (Å²) < 4.78 is 0. The summed E-state index contributed by atoms with van der Waals surface area (Å²) in [5.41, 5.74) is 0.0671. The Balaban J connectivity index is 5.02. The van der Waals surface area contributed by atoms with Crippen LogP contribution in [0.1, 0.15) is 40.0 Å². The third-order valence-electron chi connectivity index (χ3n) is 2.28. The van der Waals surface area contributed by atoms with Crippen molar-refractivity contribution >= 4 is 0 Å². The zero-order valence-corrected chi connectivity index (χ0v) is 8.59. The number of hydrogen-bond donors (Lipinski definition) is 0. The molecule has 0 saturated heterocycles. The van der Waals surface area contributed by atoms with E-state index in [2.05, 4.69) is 12.1 Å². The second kappa shape index (κ2) is 5.38. The molecule has 0 aliphatic carbocycles. The van der Waals surface area contributed by atoms with Gasteiger partial charge in [-0.15, -0.1) is 0 Å². The van der Waals surface area contributed by atoms with Crippen molar-refractivity contribution in [3.8, 4) is 12.1 Å². The summed E-state index contributed by atoms with van der Waals surface area (Å²) in [5.74, 6) is 0. The molecule has 2 nitrogen and oxygen atoms in total. The second-order valence-corrected chi connectivity index (χ2v) is 3.05. The van der Waals surface area contributed by atoms with E-state index in [1.807, 2.05) is 26.8 Å². The minimum atomic E-state index is -0.877. The lowest BCUT2D eigenvalue weighted by atomic mass is 9.78. The summed E-state index contributed by atoms with van der Waals surface area (Å²) in [7, 11) is 0. The van der Waals surface area contributed by atoms with Crippen LogP contribution < -0.4 is 0 Å². The first-order valence-corrected chi connectivity index (χ1v) is 4.68. The molecular weight excluding hydrogens is 160 g/mol. The fourth-order valence-electron chi connectivity index (χ4n) is 1.57. The zero-order chi connectivity index (χ0) is 10.3. The van der Waals surface area contributed by atoms with Gasteiger partial charge in [-0.2, -0.15) is 10.5 Å². The van der Waals surface area contributed by atoms with Crippen LogP contribution in [-0.2, 0) is 0 Å². The van der Waals surface area contributed by atoms with Gasteiger partial charge in [0.15, 0.2) is 5.41 Å². The summed E-state index contributed by atoms with van der Waals surface area (Å²) in [4.78, 5) is 0. The van der Waals surface area contributed by atoms with Crippen molar-refractivity contribution < 1.29 is 0 Å². The van der Waals surface area contributed by atoms with Gasteiger partial charge in [-0.3, -0.25) is 0 Å². The van der Waals surface area contributed by atoms with E-state index in [0.29, 0.717) is 6.42 Å². The van der Waals surface area contributed by atoms with Crippen LogP contribution in [0.2, 0.25) is 0 Å². The molecule has 0 aliphatic heterocycles. The maximum absolute atomic E-state index is 9.03. The first-order chi connectivity index (χ1) is 6.20. The standard InChI is InChI=1S/C11H16N2/c1-4-7-11(8-12,9-13)10(5-2)6-3/h5H,4,6-7H2,1-3H3. The minimum absolute atomic E-state index is 0.632. The van der Waals surface area contributed by atoms with Crippen LogP contribution in [0.4, 0.5) is 0 Å². The van der Waals surface area contributed by atoms with Gasteiger partial charge in [-0.25, -0.2) is 0 Å². The predicted octanol–water partition coefficient (Wildman–Crippen LogP) is 3.18. The monoisotopic (exact) mass is 176 g/mol. The number of nitriles is 2. The molecular formula is C11H16N2. The SMILES string of the molecule is CC=C(CC)C(C#N)(C#N)CCC. The average molecular weight is 176 g/mol. The molecule has 0 atom stereocenters. The van der Waals surface area contributed by atoms with Gasteiger partial charge in [0.05, 0.1) is 12.1 Å². The molecule has 13 heavy (non-hydrogen) atoms. The van der Waals surface area contributed by atoms with E-state index in [1.165, 1.54) is 0 Å². The highest BCUT2D eigenvalue weighted by molar-refractivity contribution is 5.32. The highest BCUT2D eigenvalue weighted by atomic mass is 14.4. The molecule has 0 rings (SSSR count). The van der Waals surface area contributed by atoms with Crippen LogP contribution in [0.15, 0.2) is 11.6 Å². The number of hydrogen-bond acceptors (Lipinski definition) is 2. The predicted molar refractivity (Wildman–Crippen MR) is 52.6 cm³/mol. The quantitative estimate of drug-likeness (QED) is 0.617. The van der Waals surface area contributed by atoms with Crippen LogP contribution in [0.25, 0.3) is 0 Å². The molecule has 0 fully saturated rings. The van der Waals surface area contributed by atoms with E-state index in [-0.39, 0.29) is 0 Å². The van der Waals surface area contributed by atoms with Gasteiger partial charge in [0.2, 0.25) is 0 Å². The van der Waals surface area contributed by atoms with Crippen LogP contribution in [0.5, 0.6) is 0 Å². The van der Waals surface area contributed by atoms with Gasteiger partial charge >= 0.3 is 0 Å². The van der Waals surface area contributed by atoms with E-state index in [1.54, 1.807) is 0 Å². The molecule has 0 aromatic rings. The van der Waals surface area contributed by atoms with Crippen LogP contribution in [0.3, 0.4) is 0 Å². The second-order valence-electron chi connectivity index (χ2n) is 3.05. The van der Waals surface area contributed by atoms with Crippen molar-refractivity contribution in [3.63, 3.8) is 0 Å². The maximum Gasteiger partial charge on any atom is 0.164 e. The number of allylic oxidation sites excluding steroid dienone is 2. The fourth-order valence-corrected chi connectivity index (χ4v) is 1.57. The van der Waals surface area contributed by atoms with Crippen molar-refractivity contribution in [1.82, 2.24) is 0 Å². The molecule has 0 unspecified atom stereocenters. The Bertz CT molecular complexity index is 249. The molecule has 0 radical (unpaired) electrons. The molecule has 0 spiro atoms. The Kier molecular flexibility index (Phi) is 4.85. The molecule has 0 amide bonds. The lowest BCUT2D eigenvalue weighted by Crippen LogP contribution is -2.18. The first kappa shape index (κ1) is 11.7. The largest absolute Gasteiger partial charge is 0.196 e.